The van der Waals surface area contributed by atoms with Crippen LogP contribution in [0.5, 0.6) is 23.0 Å². The van der Waals surface area contributed by atoms with E-state index in [1.165, 1.54) is 44.9 Å². The van der Waals surface area contributed by atoms with Crippen LogP contribution in [0.2, 0.25) is 0 Å². The third-order valence-corrected chi connectivity index (χ3v) is 4.57. The first-order valence-electron chi connectivity index (χ1n) is 7.51. The van der Waals surface area contributed by atoms with Crippen LogP contribution in [0.15, 0.2) is 29.3 Å². The van der Waals surface area contributed by atoms with Gasteiger partial charge in [0.05, 0.1) is 24.6 Å². The summed E-state index contributed by atoms with van der Waals surface area (Å²) < 4.78 is 72.1. The third kappa shape index (κ3) is 3.23. The normalized spacial score (nSPS) is 10.9. The van der Waals surface area contributed by atoms with Gasteiger partial charge in [-0.15, -0.1) is 11.8 Å². The number of ether oxygens (including phenoxy) is 3. The molecule has 142 valence electrons. The highest BCUT2D eigenvalue weighted by atomic mass is 32.2. The lowest BCUT2D eigenvalue weighted by Crippen LogP contribution is -2.03. The van der Waals surface area contributed by atoms with Crippen molar-refractivity contribution in [1.29, 1.82) is 0 Å². The van der Waals surface area contributed by atoms with Crippen LogP contribution >= 0.6 is 11.8 Å². The maximum absolute atomic E-state index is 14.3. The minimum atomic E-state index is -1.62. The molecule has 0 radical (unpaired) electrons. The van der Waals surface area contributed by atoms with E-state index < -0.39 is 33.9 Å². The number of aromatic nitrogens is 1. The predicted molar refractivity (Wildman–Crippen MR) is 93.0 cm³/mol. The number of hydrogen-bond acceptors (Lipinski definition) is 5. The Labute approximate surface area is 156 Å². The van der Waals surface area contributed by atoms with Crippen LogP contribution in [0.4, 0.5) is 17.6 Å². The number of rotatable bonds is 5. The minimum Gasteiger partial charge on any atom is -0.493 e. The molecule has 0 fully saturated rings. The van der Waals surface area contributed by atoms with Gasteiger partial charge in [0.1, 0.15) is 5.75 Å². The van der Waals surface area contributed by atoms with Gasteiger partial charge < -0.3 is 14.2 Å². The zero-order valence-electron chi connectivity index (χ0n) is 14.4. The molecule has 0 amide bonds. The summed E-state index contributed by atoms with van der Waals surface area (Å²) >= 11 is 0.551. The molecule has 0 aliphatic heterocycles. The maximum atomic E-state index is 14.3. The second-order valence-electron chi connectivity index (χ2n) is 5.25. The number of methoxy groups -OCH3 is 2. The number of hydrogen-bond donors (Lipinski definition) is 0. The van der Waals surface area contributed by atoms with Crippen molar-refractivity contribution in [2.75, 3.05) is 20.5 Å². The topological polar surface area (TPSA) is 40.6 Å². The number of nitrogens with zero attached hydrogens (tertiary/aromatic N) is 1. The first kappa shape index (κ1) is 19.1. The summed E-state index contributed by atoms with van der Waals surface area (Å²) in [5.41, 5.74) is 0.368. The fourth-order valence-corrected chi connectivity index (χ4v) is 3.04. The van der Waals surface area contributed by atoms with Crippen molar-refractivity contribution in [2.24, 2.45) is 0 Å². The van der Waals surface area contributed by atoms with Gasteiger partial charge in [-0.1, -0.05) is 0 Å². The molecule has 0 bridgehead atoms. The number of fused-ring (bicyclic) bond motifs is 1. The minimum absolute atomic E-state index is 0.0607. The summed E-state index contributed by atoms with van der Waals surface area (Å²) in [6.45, 7) is 0. The molecular weight excluding hydrogens is 386 g/mol. The summed E-state index contributed by atoms with van der Waals surface area (Å²) in [7, 11) is 2.85. The molecule has 1 aromatic heterocycles. The molecule has 27 heavy (non-hydrogen) atoms. The molecule has 0 saturated heterocycles. The zero-order chi connectivity index (χ0) is 19.7. The van der Waals surface area contributed by atoms with E-state index in [0.29, 0.717) is 34.2 Å². The van der Waals surface area contributed by atoms with Crippen LogP contribution in [0.3, 0.4) is 0 Å². The smallest absolute Gasteiger partial charge is 0.205 e. The number of thioether (sulfide) groups is 1. The standard InChI is InChI=1S/C18H13F4NO3S/c1-24-11-6-8-9(7-12(11)25-2)23-5-4-10(8)26-17-13(19)15(21)18(27-3)16(22)14(17)20/h4-7H,1-3H3. The Balaban J connectivity index is 2.18. The number of pyridine rings is 1. The molecule has 0 saturated carbocycles. The SMILES string of the molecule is COc1cc2nccc(Oc3c(F)c(F)c(SC)c(F)c3F)c2cc1OC. The van der Waals surface area contributed by atoms with Gasteiger partial charge in [0.15, 0.2) is 23.1 Å². The van der Waals surface area contributed by atoms with E-state index in [1.54, 1.807) is 0 Å². The average Bonchev–Trinajstić information content (AvgIpc) is 2.69. The summed E-state index contributed by atoms with van der Waals surface area (Å²) in [6.07, 6.45) is 2.62. The number of halogens is 4. The van der Waals surface area contributed by atoms with E-state index in [4.69, 9.17) is 14.2 Å². The molecule has 0 unspecified atom stereocenters. The summed E-state index contributed by atoms with van der Waals surface area (Å²) in [5, 5.41) is 0.309. The molecule has 0 spiro atoms. The molecule has 1 heterocycles. The summed E-state index contributed by atoms with van der Waals surface area (Å²) in [5.74, 6) is -6.82. The summed E-state index contributed by atoms with van der Waals surface area (Å²) in [6, 6.07) is 4.33. The molecule has 0 atom stereocenters. The summed E-state index contributed by atoms with van der Waals surface area (Å²) in [4.78, 5) is 3.36. The Kier molecular flexibility index (Phi) is 5.31. The fraction of sp³-hybridized carbons (Fsp3) is 0.167. The van der Waals surface area contributed by atoms with Crippen molar-refractivity contribution in [3.63, 3.8) is 0 Å². The van der Waals surface area contributed by atoms with E-state index in [2.05, 4.69) is 4.98 Å². The Morgan fingerprint density at radius 3 is 2.00 bits per heavy atom. The van der Waals surface area contributed by atoms with Crippen molar-refractivity contribution in [3.8, 4) is 23.0 Å². The lowest BCUT2D eigenvalue weighted by molar-refractivity contribution is 0.352. The van der Waals surface area contributed by atoms with Crippen LogP contribution in [-0.2, 0) is 0 Å². The van der Waals surface area contributed by atoms with E-state index >= 15 is 0 Å². The van der Waals surface area contributed by atoms with Gasteiger partial charge in [0.2, 0.25) is 17.4 Å². The molecule has 0 N–H and O–H groups in total. The van der Waals surface area contributed by atoms with Crippen LogP contribution < -0.4 is 14.2 Å². The van der Waals surface area contributed by atoms with Crippen LogP contribution in [0.25, 0.3) is 10.9 Å². The Bertz CT molecular complexity index is 1000. The maximum Gasteiger partial charge on any atom is 0.205 e. The molecule has 9 heteroatoms. The van der Waals surface area contributed by atoms with Gasteiger partial charge in [0.25, 0.3) is 0 Å². The van der Waals surface area contributed by atoms with Crippen LogP contribution in [0, 0.1) is 23.3 Å². The van der Waals surface area contributed by atoms with Crippen LogP contribution in [0.1, 0.15) is 0 Å². The van der Waals surface area contributed by atoms with E-state index in [1.807, 2.05) is 0 Å². The molecule has 4 nitrogen and oxygen atoms in total. The quantitative estimate of drug-likeness (QED) is 0.330. The molecule has 0 aliphatic rings. The molecule has 2 aromatic carbocycles. The zero-order valence-corrected chi connectivity index (χ0v) is 15.2. The molecule has 0 aliphatic carbocycles. The highest BCUT2D eigenvalue weighted by Gasteiger charge is 2.27. The molecule has 3 aromatic rings. The first-order chi connectivity index (χ1) is 12.9. The average molecular weight is 399 g/mol. The molecular formula is C18H13F4NO3S. The van der Waals surface area contributed by atoms with Crippen molar-refractivity contribution in [3.05, 3.63) is 47.7 Å². The van der Waals surface area contributed by atoms with E-state index in [-0.39, 0.29) is 5.75 Å². The van der Waals surface area contributed by atoms with Crippen molar-refractivity contribution < 1.29 is 31.8 Å². The van der Waals surface area contributed by atoms with Gasteiger partial charge in [-0.25, -0.2) is 8.78 Å². The van der Waals surface area contributed by atoms with E-state index in [9.17, 15) is 17.6 Å². The largest absolute Gasteiger partial charge is 0.493 e. The van der Waals surface area contributed by atoms with Crippen molar-refractivity contribution in [1.82, 2.24) is 4.98 Å². The van der Waals surface area contributed by atoms with Crippen LogP contribution in [-0.4, -0.2) is 25.5 Å². The van der Waals surface area contributed by atoms with Gasteiger partial charge >= 0.3 is 0 Å². The first-order valence-corrected chi connectivity index (χ1v) is 8.73. The lowest BCUT2D eigenvalue weighted by Gasteiger charge is -2.14. The lowest BCUT2D eigenvalue weighted by atomic mass is 10.1. The van der Waals surface area contributed by atoms with Gasteiger partial charge in [-0.3, -0.25) is 4.98 Å². The predicted octanol–water partition coefficient (Wildman–Crippen LogP) is 5.32. The second-order valence-corrected chi connectivity index (χ2v) is 6.07. The fourth-order valence-electron chi connectivity index (χ4n) is 2.51. The second kappa shape index (κ2) is 7.51. The van der Waals surface area contributed by atoms with Gasteiger partial charge in [0, 0.05) is 17.6 Å². The number of benzene rings is 2. The monoisotopic (exact) mass is 399 g/mol. The van der Waals surface area contributed by atoms with E-state index in [0.717, 1.165) is 0 Å². The van der Waals surface area contributed by atoms with Gasteiger partial charge in [-0.2, -0.15) is 8.78 Å². The van der Waals surface area contributed by atoms with Gasteiger partial charge in [-0.05, 0) is 18.4 Å². The third-order valence-electron chi connectivity index (χ3n) is 3.81. The molecule has 3 rings (SSSR count). The Morgan fingerprint density at radius 1 is 0.852 bits per heavy atom. The highest BCUT2D eigenvalue weighted by molar-refractivity contribution is 7.98. The van der Waals surface area contributed by atoms with Crippen molar-refractivity contribution in [2.45, 2.75) is 4.90 Å². The van der Waals surface area contributed by atoms with Crippen molar-refractivity contribution >= 4 is 22.7 Å². The Hall–Kier alpha value is -2.68. The highest BCUT2D eigenvalue weighted by Crippen LogP contribution is 2.40. The Morgan fingerprint density at radius 2 is 1.44 bits per heavy atom.